The van der Waals surface area contributed by atoms with E-state index in [4.69, 9.17) is 4.74 Å². The molecule has 1 N–H and O–H groups in total. The fraction of sp³-hybridized carbons (Fsp3) is 0.444. The van der Waals surface area contributed by atoms with Gasteiger partial charge in [0.25, 0.3) is 5.91 Å². The first kappa shape index (κ1) is 17.1. The highest BCUT2D eigenvalue weighted by molar-refractivity contribution is 7.09. The van der Waals surface area contributed by atoms with Crippen LogP contribution in [0.25, 0.3) is 0 Å². The second kappa shape index (κ2) is 8.37. The number of rotatable bonds is 6. The fourth-order valence-electron chi connectivity index (χ4n) is 2.75. The summed E-state index contributed by atoms with van der Waals surface area (Å²) < 4.78 is 5.36. The van der Waals surface area contributed by atoms with Crippen LogP contribution in [0.15, 0.2) is 35.7 Å². The molecule has 1 atom stereocenters. The van der Waals surface area contributed by atoms with Gasteiger partial charge >= 0.3 is 0 Å². The third-order valence-electron chi connectivity index (χ3n) is 4.21. The molecule has 0 radical (unpaired) electrons. The Morgan fingerprint density at radius 2 is 2.08 bits per heavy atom. The fourth-order valence-corrected chi connectivity index (χ4v) is 3.55. The van der Waals surface area contributed by atoms with Crippen molar-refractivity contribution in [3.63, 3.8) is 0 Å². The van der Waals surface area contributed by atoms with Gasteiger partial charge in [-0.1, -0.05) is 30.3 Å². The molecule has 1 aliphatic heterocycles. The maximum atomic E-state index is 12.3. The minimum Gasteiger partial charge on any atom is -0.379 e. The summed E-state index contributed by atoms with van der Waals surface area (Å²) in [6.45, 7) is 6.15. The topological polar surface area (TPSA) is 54.5 Å². The number of thiazole rings is 1. The average Bonchev–Trinajstić information content (AvgIpc) is 3.09. The highest BCUT2D eigenvalue weighted by atomic mass is 32.1. The van der Waals surface area contributed by atoms with Gasteiger partial charge in [-0.25, -0.2) is 4.98 Å². The lowest BCUT2D eigenvalue weighted by Crippen LogP contribution is -2.47. The van der Waals surface area contributed by atoms with E-state index in [-0.39, 0.29) is 5.91 Å². The van der Waals surface area contributed by atoms with Crippen LogP contribution in [0.1, 0.15) is 28.0 Å². The number of morpholine rings is 1. The molecule has 1 aromatic heterocycles. The second-order valence-electron chi connectivity index (χ2n) is 6.00. The van der Waals surface area contributed by atoms with Crippen molar-refractivity contribution in [2.24, 2.45) is 0 Å². The van der Waals surface area contributed by atoms with E-state index in [2.05, 4.69) is 34.3 Å². The first-order chi connectivity index (χ1) is 11.7. The molecule has 1 amide bonds. The maximum absolute atomic E-state index is 12.3. The number of hydrogen-bond donors (Lipinski definition) is 1. The summed E-state index contributed by atoms with van der Waals surface area (Å²) in [7, 11) is 0. The van der Waals surface area contributed by atoms with E-state index in [0.29, 0.717) is 18.3 Å². The van der Waals surface area contributed by atoms with Crippen LogP contribution >= 0.6 is 11.3 Å². The first-order valence-corrected chi connectivity index (χ1v) is 9.18. The summed E-state index contributed by atoms with van der Waals surface area (Å²) in [5, 5.41) is 5.80. The molecule has 2 heterocycles. The summed E-state index contributed by atoms with van der Waals surface area (Å²) >= 11 is 1.54. The van der Waals surface area contributed by atoms with Crippen LogP contribution in [-0.2, 0) is 11.2 Å². The third-order valence-corrected chi connectivity index (χ3v) is 5.06. The van der Waals surface area contributed by atoms with Gasteiger partial charge in [0.2, 0.25) is 0 Å². The van der Waals surface area contributed by atoms with E-state index in [0.717, 1.165) is 37.7 Å². The zero-order valence-corrected chi connectivity index (χ0v) is 14.7. The van der Waals surface area contributed by atoms with E-state index in [1.54, 1.807) is 0 Å². The molecule has 1 saturated heterocycles. The number of amides is 1. The van der Waals surface area contributed by atoms with Crippen molar-refractivity contribution in [3.8, 4) is 0 Å². The van der Waals surface area contributed by atoms with Crippen LogP contribution in [0.5, 0.6) is 0 Å². The maximum Gasteiger partial charge on any atom is 0.270 e. The molecule has 6 heteroatoms. The van der Waals surface area contributed by atoms with E-state index in [9.17, 15) is 4.79 Å². The molecular formula is C18H23N3O2S. The van der Waals surface area contributed by atoms with E-state index < -0.39 is 0 Å². The first-order valence-electron chi connectivity index (χ1n) is 8.30. The Bertz CT molecular complexity index is 653. The molecule has 0 aliphatic carbocycles. The van der Waals surface area contributed by atoms with Gasteiger partial charge in [-0.3, -0.25) is 9.69 Å². The smallest absolute Gasteiger partial charge is 0.270 e. The van der Waals surface area contributed by atoms with Crippen molar-refractivity contribution in [3.05, 3.63) is 52.0 Å². The predicted octanol–water partition coefficient (Wildman–Crippen LogP) is 2.18. The highest BCUT2D eigenvalue weighted by Gasteiger charge is 2.18. The summed E-state index contributed by atoms with van der Waals surface area (Å²) in [6.07, 6.45) is 0.767. The number of ether oxygens (including phenoxy) is 1. The zero-order chi connectivity index (χ0) is 16.8. The van der Waals surface area contributed by atoms with Crippen LogP contribution in [0, 0.1) is 0 Å². The Kier molecular flexibility index (Phi) is 5.96. The second-order valence-corrected chi connectivity index (χ2v) is 6.94. The van der Waals surface area contributed by atoms with Crippen LogP contribution in [0.2, 0.25) is 0 Å². The monoisotopic (exact) mass is 345 g/mol. The number of benzene rings is 1. The molecular weight excluding hydrogens is 322 g/mol. The molecule has 5 nitrogen and oxygen atoms in total. The molecule has 0 spiro atoms. The van der Waals surface area contributed by atoms with Gasteiger partial charge in [-0.15, -0.1) is 11.3 Å². The van der Waals surface area contributed by atoms with Gasteiger partial charge in [0.05, 0.1) is 18.2 Å². The number of aromatic nitrogens is 1. The Balaban J connectivity index is 1.50. The predicted molar refractivity (Wildman–Crippen MR) is 95.5 cm³/mol. The molecule has 1 fully saturated rings. The number of nitrogens with one attached hydrogen (secondary N) is 1. The van der Waals surface area contributed by atoms with E-state index in [1.807, 2.05) is 23.6 Å². The standard InChI is InChI=1S/C18H23N3O2S/c1-14(21-7-9-23-10-8-21)12-19-18(22)16-13-24-17(20-16)11-15-5-3-2-4-6-15/h2-6,13-14H,7-12H2,1H3,(H,19,22). The summed E-state index contributed by atoms with van der Waals surface area (Å²) in [5.41, 5.74) is 1.72. The van der Waals surface area contributed by atoms with Crippen LogP contribution in [-0.4, -0.2) is 54.7 Å². The van der Waals surface area contributed by atoms with Gasteiger partial charge in [-0.05, 0) is 12.5 Å². The zero-order valence-electron chi connectivity index (χ0n) is 13.9. The molecule has 24 heavy (non-hydrogen) atoms. The van der Waals surface area contributed by atoms with Crippen molar-refractivity contribution in [2.45, 2.75) is 19.4 Å². The summed E-state index contributed by atoms with van der Waals surface area (Å²) in [4.78, 5) is 19.1. The van der Waals surface area contributed by atoms with Gasteiger partial charge in [0.15, 0.2) is 0 Å². The quantitative estimate of drug-likeness (QED) is 0.872. The normalized spacial score (nSPS) is 16.7. The Hall–Kier alpha value is -1.76. The number of carbonyl (C=O) groups excluding carboxylic acids is 1. The Morgan fingerprint density at radius 1 is 1.33 bits per heavy atom. The molecule has 128 valence electrons. The highest BCUT2D eigenvalue weighted by Crippen LogP contribution is 2.15. The number of carbonyl (C=O) groups is 1. The van der Waals surface area contributed by atoms with Gasteiger partial charge in [0, 0.05) is 37.5 Å². The van der Waals surface area contributed by atoms with E-state index in [1.165, 1.54) is 16.9 Å². The van der Waals surface area contributed by atoms with Gasteiger partial charge in [-0.2, -0.15) is 0 Å². The molecule has 1 aliphatic rings. The molecule has 0 saturated carbocycles. The van der Waals surface area contributed by atoms with Crippen LogP contribution in [0.4, 0.5) is 0 Å². The van der Waals surface area contributed by atoms with Crippen molar-refractivity contribution < 1.29 is 9.53 Å². The molecule has 1 unspecified atom stereocenters. The van der Waals surface area contributed by atoms with Crippen molar-refractivity contribution in [2.75, 3.05) is 32.8 Å². The third kappa shape index (κ3) is 4.63. The molecule has 3 rings (SSSR count). The van der Waals surface area contributed by atoms with Crippen molar-refractivity contribution in [1.29, 1.82) is 0 Å². The molecule has 0 bridgehead atoms. The summed E-state index contributed by atoms with van der Waals surface area (Å²) in [6, 6.07) is 10.5. The lowest BCUT2D eigenvalue weighted by atomic mass is 10.2. The lowest BCUT2D eigenvalue weighted by molar-refractivity contribution is 0.0204. The number of hydrogen-bond acceptors (Lipinski definition) is 5. The number of nitrogens with zero attached hydrogens (tertiary/aromatic N) is 2. The van der Waals surface area contributed by atoms with Crippen LogP contribution in [0.3, 0.4) is 0 Å². The van der Waals surface area contributed by atoms with E-state index >= 15 is 0 Å². The Labute approximate surface area is 146 Å². The molecule has 1 aromatic carbocycles. The van der Waals surface area contributed by atoms with Crippen LogP contribution < -0.4 is 5.32 Å². The van der Waals surface area contributed by atoms with Gasteiger partial charge < -0.3 is 10.1 Å². The summed E-state index contributed by atoms with van der Waals surface area (Å²) in [5.74, 6) is -0.0920. The van der Waals surface area contributed by atoms with Gasteiger partial charge in [0.1, 0.15) is 5.69 Å². The molecule has 2 aromatic rings. The Morgan fingerprint density at radius 3 is 2.83 bits per heavy atom. The van der Waals surface area contributed by atoms with Crippen molar-refractivity contribution in [1.82, 2.24) is 15.2 Å². The average molecular weight is 345 g/mol. The largest absolute Gasteiger partial charge is 0.379 e. The SMILES string of the molecule is CC(CNC(=O)c1csc(Cc2ccccc2)n1)N1CCOCC1. The minimum absolute atomic E-state index is 0.0920. The minimum atomic E-state index is -0.0920. The van der Waals surface area contributed by atoms with Crippen molar-refractivity contribution >= 4 is 17.2 Å². The lowest BCUT2D eigenvalue weighted by Gasteiger charge is -2.32.